The molecule has 21 heavy (non-hydrogen) atoms. The molecule has 0 atom stereocenters. The number of imidazole rings is 1. The number of fused-ring (bicyclic) bond motifs is 2. The highest BCUT2D eigenvalue weighted by Gasteiger charge is 2.04. The van der Waals surface area contributed by atoms with E-state index < -0.39 is 0 Å². The molecule has 0 bridgehead atoms. The van der Waals surface area contributed by atoms with E-state index in [9.17, 15) is 5.11 Å². The van der Waals surface area contributed by atoms with E-state index in [0.717, 1.165) is 27.2 Å². The summed E-state index contributed by atoms with van der Waals surface area (Å²) in [5, 5.41) is 13.6. The third kappa shape index (κ3) is 2.32. The Kier molecular flexibility index (Phi) is 2.79. The molecule has 0 saturated carbocycles. The molecule has 2 heterocycles. The van der Waals surface area contributed by atoms with Gasteiger partial charge in [0.15, 0.2) is 4.96 Å². The SMILES string of the molecule is Oc1ccc2ccc(OCc3cn4ccsc4n3)cc2c1. The highest BCUT2D eigenvalue weighted by Crippen LogP contribution is 2.25. The van der Waals surface area contributed by atoms with Crippen LogP contribution in [0.1, 0.15) is 5.69 Å². The second-order valence-corrected chi connectivity index (χ2v) is 5.68. The van der Waals surface area contributed by atoms with E-state index in [0.29, 0.717) is 6.61 Å². The van der Waals surface area contributed by atoms with Gasteiger partial charge in [-0.2, -0.15) is 0 Å². The van der Waals surface area contributed by atoms with Gasteiger partial charge in [-0.3, -0.25) is 4.40 Å². The monoisotopic (exact) mass is 296 g/mol. The molecule has 5 heteroatoms. The number of phenols is 1. The number of nitrogens with zero attached hydrogens (tertiary/aromatic N) is 2. The maximum Gasteiger partial charge on any atom is 0.193 e. The predicted octanol–water partition coefficient (Wildman–Crippen LogP) is 3.83. The van der Waals surface area contributed by atoms with Crippen LogP contribution in [-0.2, 0) is 6.61 Å². The van der Waals surface area contributed by atoms with Gasteiger partial charge in [0, 0.05) is 17.8 Å². The van der Waals surface area contributed by atoms with Crippen molar-refractivity contribution in [2.45, 2.75) is 6.61 Å². The van der Waals surface area contributed by atoms with Crippen LogP contribution in [0.2, 0.25) is 0 Å². The van der Waals surface area contributed by atoms with Crippen molar-refractivity contribution in [2.75, 3.05) is 0 Å². The maximum absolute atomic E-state index is 9.53. The molecule has 2 aromatic heterocycles. The normalized spacial score (nSPS) is 11.2. The molecule has 0 aliphatic rings. The zero-order valence-electron chi connectivity index (χ0n) is 11.1. The summed E-state index contributed by atoms with van der Waals surface area (Å²) in [5.74, 6) is 1.03. The van der Waals surface area contributed by atoms with Crippen molar-refractivity contribution in [3.63, 3.8) is 0 Å². The van der Waals surface area contributed by atoms with E-state index in [-0.39, 0.29) is 5.75 Å². The van der Waals surface area contributed by atoms with Crippen molar-refractivity contribution in [2.24, 2.45) is 0 Å². The molecule has 0 saturated heterocycles. The molecule has 0 radical (unpaired) electrons. The molecular weight excluding hydrogens is 284 g/mol. The molecule has 4 nitrogen and oxygen atoms in total. The van der Waals surface area contributed by atoms with Crippen LogP contribution < -0.4 is 4.74 Å². The number of ether oxygens (including phenoxy) is 1. The van der Waals surface area contributed by atoms with Crippen LogP contribution in [0.4, 0.5) is 0 Å². The van der Waals surface area contributed by atoms with Crippen LogP contribution in [0.5, 0.6) is 11.5 Å². The van der Waals surface area contributed by atoms with Gasteiger partial charge < -0.3 is 9.84 Å². The van der Waals surface area contributed by atoms with Crippen LogP contribution in [0.15, 0.2) is 54.2 Å². The summed E-state index contributed by atoms with van der Waals surface area (Å²) in [7, 11) is 0. The average Bonchev–Trinajstić information content (AvgIpc) is 3.05. The van der Waals surface area contributed by atoms with E-state index in [4.69, 9.17) is 4.74 Å². The van der Waals surface area contributed by atoms with Crippen molar-refractivity contribution in [1.82, 2.24) is 9.38 Å². The van der Waals surface area contributed by atoms with Gasteiger partial charge in [0.05, 0.1) is 5.69 Å². The Bertz CT molecular complexity index is 898. The van der Waals surface area contributed by atoms with Gasteiger partial charge in [0.2, 0.25) is 0 Å². The molecule has 104 valence electrons. The number of benzene rings is 2. The minimum Gasteiger partial charge on any atom is -0.508 e. The number of hydrogen-bond acceptors (Lipinski definition) is 4. The summed E-state index contributed by atoms with van der Waals surface area (Å²) in [6, 6.07) is 11.1. The van der Waals surface area contributed by atoms with Gasteiger partial charge >= 0.3 is 0 Å². The zero-order chi connectivity index (χ0) is 14.2. The zero-order valence-corrected chi connectivity index (χ0v) is 11.9. The first-order valence-electron chi connectivity index (χ1n) is 6.55. The Morgan fingerprint density at radius 3 is 2.95 bits per heavy atom. The number of hydrogen-bond donors (Lipinski definition) is 1. The number of rotatable bonds is 3. The fourth-order valence-electron chi connectivity index (χ4n) is 2.30. The van der Waals surface area contributed by atoms with Gasteiger partial charge in [-0.25, -0.2) is 4.98 Å². The van der Waals surface area contributed by atoms with Gasteiger partial charge in [-0.05, 0) is 35.0 Å². The molecular formula is C16H12N2O2S. The summed E-state index contributed by atoms with van der Waals surface area (Å²) in [4.78, 5) is 5.45. The molecule has 0 aliphatic carbocycles. The minimum absolute atomic E-state index is 0.258. The molecule has 0 amide bonds. The van der Waals surface area contributed by atoms with Crippen molar-refractivity contribution < 1.29 is 9.84 Å². The molecule has 4 rings (SSSR count). The van der Waals surface area contributed by atoms with Gasteiger partial charge in [-0.1, -0.05) is 12.1 Å². The van der Waals surface area contributed by atoms with Crippen molar-refractivity contribution in [1.29, 1.82) is 0 Å². The smallest absolute Gasteiger partial charge is 0.193 e. The van der Waals surface area contributed by atoms with Gasteiger partial charge in [-0.15, -0.1) is 11.3 Å². The Labute approximate surface area is 124 Å². The van der Waals surface area contributed by atoms with Crippen molar-refractivity contribution in [3.05, 3.63) is 59.9 Å². The van der Waals surface area contributed by atoms with E-state index in [2.05, 4.69) is 4.98 Å². The van der Waals surface area contributed by atoms with Crippen molar-refractivity contribution >= 4 is 27.1 Å². The Hall–Kier alpha value is -2.53. The van der Waals surface area contributed by atoms with Crippen LogP contribution in [0, 0.1) is 0 Å². The number of thiazole rings is 1. The number of phenolic OH excluding ortho intramolecular Hbond substituents is 1. The Morgan fingerprint density at radius 1 is 1.14 bits per heavy atom. The second kappa shape index (κ2) is 4.79. The highest BCUT2D eigenvalue weighted by atomic mass is 32.1. The van der Waals surface area contributed by atoms with Gasteiger partial charge in [0.25, 0.3) is 0 Å². The first kappa shape index (κ1) is 12.2. The standard InChI is InChI=1S/C16H12N2O2S/c19-14-3-1-11-2-4-15(8-12(11)7-14)20-10-13-9-18-5-6-21-16(18)17-13/h1-9,19H,10H2. The number of aromatic hydroxyl groups is 1. The van der Waals surface area contributed by atoms with Crippen LogP contribution in [-0.4, -0.2) is 14.5 Å². The van der Waals surface area contributed by atoms with Crippen molar-refractivity contribution in [3.8, 4) is 11.5 Å². The summed E-state index contributed by atoms with van der Waals surface area (Å²) >= 11 is 1.60. The highest BCUT2D eigenvalue weighted by molar-refractivity contribution is 7.15. The Morgan fingerprint density at radius 2 is 2.05 bits per heavy atom. The fourth-order valence-corrected chi connectivity index (χ4v) is 3.02. The first-order chi connectivity index (χ1) is 10.3. The minimum atomic E-state index is 0.258. The summed E-state index contributed by atoms with van der Waals surface area (Å²) in [6.07, 6.45) is 3.95. The van der Waals surface area contributed by atoms with Crippen LogP contribution >= 0.6 is 11.3 Å². The quantitative estimate of drug-likeness (QED) is 0.625. The Balaban J connectivity index is 1.57. The third-order valence-electron chi connectivity index (χ3n) is 3.33. The predicted molar refractivity (Wildman–Crippen MR) is 83.0 cm³/mol. The van der Waals surface area contributed by atoms with E-state index in [1.807, 2.05) is 46.4 Å². The largest absolute Gasteiger partial charge is 0.508 e. The second-order valence-electron chi connectivity index (χ2n) is 4.81. The number of aromatic nitrogens is 2. The van der Waals surface area contributed by atoms with Crippen LogP contribution in [0.3, 0.4) is 0 Å². The average molecular weight is 296 g/mol. The first-order valence-corrected chi connectivity index (χ1v) is 7.42. The molecule has 0 fully saturated rings. The molecule has 0 unspecified atom stereocenters. The van der Waals surface area contributed by atoms with E-state index >= 15 is 0 Å². The van der Waals surface area contributed by atoms with E-state index in [1.54, 1.807) is 23.5 Å². The summed E-state index contributed by atoms with van der Waals surface area (Å²) < 4.78 is 7.77. The van der Waals surface area contributed by atoms with E-state index in [1.165, 1.54) is 0 Å². The lowest BCUT2D eigenvalue weighted by Crippen LogP contribution is -1.95. The lowest BCUT2D eigenvalue weighted by Gasteiger charge is -2.06. The molecule has 0 aliphatic heterocycles. The maximum atomic E-state index is 9.53. The summed E-state index contributed by atoms with van der Waals surface area (Å²) in [5.41, 5.74) is 0.901. The topological polar surface area (TPSA) is 46.8 Å². The molecule has 1 N–H and O–H groups in total. The molecule has 2 aromatic carbocycles. The molecule has 0 spiro atoms. The molecule has 4 aromatic rings. The fraction of sp³-hybridized carbons (Fsp3) is 0.0625. The van der Waals surface area contributed by atoms with Crippen LogP contribution in [0.25, 0.3) is 15.7 Å². The lowest BCUT2D eigenvalue weighted by molar-refractivity contribution is 0.302. The van der Waals surface area contributed by atoms with Gasteiger partial charge in [0.1, 0.15) is 18.1 Å². The summed E-state index contributed by atoms with van der Waals surface area (Å²) in [6.45, 7) is 0.429. The third-order valence-corrected chi connectivity index (χ3v) is 4.10. The lowest BCUT2D eigenvalue weighted by atomic mass is 10.1.